The van der Waals surface area contributed by atoms with E-state index in [0.717, 1.165) is 5.69 Å². The van der Waals surface area contributed by atoms with Gasteiger partial charge in [-0.3, -0.25) is 4.79 Å². The number of para-hydroxylation sites is 1. The molecule has 0 aliphatic carbocycles. The zero-order valence-electron chi connectivity index (χ0n) is 13.0. The highest BCUT2D eigenvalue weighted by atomic mass is 19.3. The average Bonchev–Trinajstić information content (AvgIpc) is 2.58. The number of alkyl halides is 2. The molecule has 0 unspecified atom stereocenters. The maximum Gasteiger partial charge on any atom is 0.387 e. The molecule has 0 bridgehead atoms. The second-order valence-electron chi connectivity index (χ2n) is 4.86. The van der Waals surface area contributed by atoms with Crippen LogP contribution in [0.15, 0.2) is 59.7 Å². The summed E-state index contributed by atoms with van der Waals surface area (Å²) in [6, 6.07) is 15.4. The molecule has 5 nitrogen and oxygen atoms in total. The van der Waals surface area contributed by atoms with Gasteiger partial charge in [0.1, 0.15) is 5.75 Å². The van der Waals surface area contributed by atoms with Crippen LogP contribution in [-0.4, -0.2) is 24.8 Å². The minimum Gasteiger partial charge on any atom is -0.435 e. The van der Waals surface area contributed by atoms with Gasteiger partial charge in [-0.1, -0.05) is 30.3 Å². The molecule has 0 heterocycles. The number of ether oxygens (including phenoxy) is 1. The van der Waals surface area contributed by atoms with Crippen molar-refractivity contribution < 1.29 is 18.3 Å². The highest BCUT2D eigenvalue weighted by Gasteiger charge is 2.06. The molecule has 2 rings (SSSR count). The van der Waals surface area contributed by atoms with Crippen LogP contribution < -0.4 is 15.5 Å². The van der Waals surface area contributed by atoms with Gasteiger partial charge in [0.15, 0.2) is 0 Å². The number of halogens is 2. The fourth-order valence-electron chi connectivity index (χ4n) is 1.89. The third-order valence-corrected chi connectivity index (χ3v) is 3.05. The lowest BCUT2D eigenvalue weighted by Crippen LogP contribution is -2.26. The van der Waals surface area contributed by atoms with E-state index < -0.39 is 6.61 Å². The smallest absolute Gasteiger partial charge is 0.387 e. The minimum absolute atomic E-state index is 0.0362. The standard InChI is InChI=1S/C17H17F2N3O2/c1-12(13-6-5-9-15(10-13)24-17(18)19)21-22-16(23)11-20-14-7-3-2-4-8-14/h2-10,17,20H,11H2,1H3,(H,22,23)/b21-12-. The molecule has 0 aliphatic heterocycles. The maximum absolute atomic E-state index is 12.2. The van der Waals surface area contributed by atoms with Crippen LogP contribution in [-0.2, 0) is 4.79 Å². The van der Waals surface area contributed by atoms with Crippen LogP contribution in [0.4, 0.5) is 14.5 Å². The van der Waals surface area contributed by atoms with Crippen molar-refractivity contribution in [2.75, 3.05) is 11.9 Å². The molecule has 0 saturated carbocycles. The summed E-state index contributed by atoms with van der Waals surface area (Å²) < 4.78 is 28.8. The molecule has 7 heteroatoms. The largest absolute Gasteiger partial charge is 0.435 e. The first-order valence-electron chi connectivity index (χ1n) is 7.22. The lowest BCUT2D eigenvalue weighted by Gasteiger charge is -2.07. The van der Waals surface area contributed by atoms with Crippen LogP contribution in [0.3, 0.4) is 0 Å². The van der Waals surface area contributed by atoms with Crippen molar-refractivity contribution in [3.8, 4) is 5.75 Å². The van der Waals surface area contributed by atoms with Gasteiger partial charge >= 0.3 is 6.61 Å². The van der Waals surface area contributed by atoms with Crippen LogP contribution in [0.5, 0.6) is 5.75 Å². The number of hydrazone groups is 1. The normalized spacial score (nSPS) is 11.2. The van der Waals surface area contributed by atoms with Crippen LogP contribution in [0.2, 0.25) is 0 Å². The number of amides is 1. The third-order valence-electron chi connectivity index (χ3n) is 3.05. The van der Waals surface area contributed by atoms with Crippen molar-refractivity contribution in [3.63, 3.8) is 0 Å². The Kier molecular flexibility index (Phi) is 6.24. The van der Waals surface area contributed by atoms with E-state index in [4.69, 9.17) is 0 Å². The van der Waals surface area contributed by atoms with Gasteiger partial charge in [-0.25, -0.2) is 5.43 Å². The van der Waals surface area contributed by atoms with Crippen LogP contribution in [0.1, 0.15) is 12.5 Å². The van der Waals surface area contributed by atoms with E-state index in [1.54, 1.807) is 19.1 Å². The number of rotatable bonds is 7. The topological polar surface area (TPSA) is 62.7 Å². The molecule has 24 heavy (non-hydrogen) atoms. The Balaban J connectivity index is 1.90. The molecule has 126 valence electrons. The second kappa shape index (κ2) is 8.61. The Morgan fingerprint density at radius 3 is 2.62 bits per heavy atom. The summed E-state index contributed by atoms with van der Waals surface area (Å²) in [7, 11) is 0. The molecule has 2 aromatic rings. The lowest BCUT2D eigenvalue weighted by molar-refractivity contribution is -0.119. The predicted octanol–water partition coefficient (Wildman–Crippen LogP) is 3.24. The van der Waals surface area contributed by atoms with Crippen LogP contribution >= 0.6 is 0 Å². The van der Waals surface area contributed by atoms with Gasteiger partial charge in [0, 0.05) is 11.3 Å². The number of anilines is 1. The summed E-state index contributed by atoms with van der Waals surface area (Å²) in [6.45, 7) is -1.16. The molecule has 0 saturated heterocycles. The molecular formula is C17H17F2N3O2. The number of carbonyl (C=O) groups excluding carboxylic acids is 1. The summed E-state index contributed by atoms with van der Waals surface area (Å²) in [5.74, 6) is -0.285. The Morgan fingerprint density at radius 1 is 1.17 bits per heavy atom. The highest BCUT2D eigenvalue weighted by Crippen LogP contribution is 2.16. The Labute approximate surface area is 138 Å². The SMILES string of the molecule is C/C(=N/NC(=O)CNc1ccccc1)c1cccc(OC(F)F)c1. The number of hydrogen-bond acceptors (Lipinski definition) is 4. The molecule has 2 N–H and O–H groups in total. The van der Waals surface area contributed by atoms with E-state index in [1.165, 1.54) is 12.1 Å². The fraction of sp³-hybridized carbons (Fsp3) is 0.176. The molecule has 0 spiro atoms. The molecule has 0 aliphatic rings. The Hall–Kier alpha value is -2.96. The van der Waals surface area contributed by atoms with Gasteiger partial charge in [-0.05, 0) is 31.2 Å². The summed E-state index contributed by atoms with van der Waals surface area (Å²) in [6.07, 6.45) is 0. The van der Waals surface area contributed by atoms with Gasteiger partial charge in [-0.15, -0.1) is 0 Å². The van der Waals surface area contributed by atoms with E-state index in [0.29, 0.717) is 11.3 Å². The Bertz CT molecular complexity index is 706. The highest BCUT2D eigenvalue weighted by molar-refractivity contribution is 5.99. The zero-order chi connectivity index (χ0) is 17.4. The number of nitrogens with one attached hydrogen (secondary N) is 2. The first kappa shape index (κ1) is 17.4. The van der Waals surface area contributed by atoms with Crippen molar-refractivity contribution >= 4 is 17.3 Å². The second-order valence-corrected chi connectivity index (χ2v) is 4.86. The summed E-state index contributed by atoms with van der Waals surface area (Å²) in [5.41, 5.74) is 4.28. The molecule has 0 atom stereocenters. The minimum atomic E-state index is -2.89. The van der Waals surface area contributed by atoms with Gasteiger partial charge in [0.2, 0.25) is 0 Å². The van der Waals surface area contributed by atoms with Crippen molar-refractivity contribution in [1.29, 1.82) is 0 Å². The molecule has 1 amide bonds. The van der Waals surface area contributed by atoms with Crippen molar-refractivity contribution in [2.24, 2.45) is 5.10 Å². The van der Waals surface area contributed by atoms with Gasteiger partial charge in [0.25, 0.3) is 5.91 Å². The monoisotopic (exact) mass is 333 g/mol. The van der Waals surface area contributed by atoms with Crippen LogP contribution in [0.25, 0.3) is 0 Å². The van der Waals surface area contributed by atoms with E-state index >= 15 is 0 Å². The maximum atomic E-state index is 12.2. The molecule has 2 aromatic carbocycles. The van der Waals surface area contributed by atoms with Gasteiger partial charge < -0.3 is 10.1 Å². The van der Waals surface area contributed by atoms with E-state index in [1.807, 2.05) is 30.3 Å². The van der Waals surface area contributed by atoms with Crippen molar-refractivity contribution in [3.05, 3.63) is 60.2 Å². The van der Waals surface area contributed by atoms with Crippen LogP contribution in [0, 0.1) is 0 Å². The first-order valence-corrected chi connectivity index (χ1v) is 7.22. The molecule has 0 aromatic heterocycles. The average molecular weight is 333 g/mol. The zero-order valence-corrected chi connectivity index (χ0v) is 13.0. The first-order chi connectivity index (χ1) is 11.5. The van der Waals surface area contributed by atoms with Gasteiger partial charge in [0.05, 0.1) is 12.3 Å². The summed E-state index contributed by atoms with van der Waals surface area (Å²) in [4.78, 5) is 11.8. The number of hydrogen-bond donors (Lipinski definition) is 2. The van der Waals surface area contributed by atoms with Gasteiger partial charge in [-0.2, -0.15) is 13.9 Å². The Morgan fingerprint density at radius 2 is 1.92 bits per heavy atom. The lowest BCUT2D eigenvalue weighted by atomic mass is 10.1. The number of carbonyl (C=O) groups is 1. The van der Waals surface area contributed by atoms with Crippen molar-refractivity contribution in [2.45, 2.75) is 13.5 Å². The van der Waals surface area contributed by atoms with E-state index in [-0.39, 0.29) is 18.2 Å². The van der Waals surface area contributed by atoms with Crippen molar-refractivity contribution in [1.82, 2.24) is 5.43 Å². The molecule has 0 radical (unpaired) electrons. The number of benzene rings is 2. The molecule has 0 fully saturated rings. The molecular weight excluding hydrogens is 316 g/mol. The summed E-state index contributed by atoms with van der Waals surface area (Å²) >= 11 is 0. The van der Waals surface area contributed by atoms with E-state index in [2.05, 4.69) is 20.6 Å². The predicted molar refractivity (Wildman–Crippen MR) is 88.4 cm³/mol. The number of nitrogens with zero attached hydrogens (tertiary/aromatic N) is 1. The quantitative estimate of drug-likeness (QED) is 0.604. The van der Waals surface area contributed by atoms with E-state index in [9.17, 15) is 13.6 Å². The summed E-state index contributed by atoms with van der Waals surface area (Å²) in [5, 5.41) is 6.91. The third kappa shape index (κ3) is 5.68. The fourth-order valence-corrected chi connectivity index (χ4v) is 1.89.